The van der Waals surface area contributed by atoms with Gasteiger partial charge in [0.15, 0.2) is 5.11 Å². The van der Waals surface area contributed by atoms with Crippen LogP contribution in [0.25, 0.3) is 6.08 Å². The summed E-state index contributed by atoms with van der Waals surface area (Å²) in [7, 11) is 0. The third-order valence-electron chi connectivity index (χ3n) is 7.14. The minimum absolute atomic E-state index is 0.0717. The van der Waals surface area contributed by atoms with E-state index in [2.05, 4.69) is 64.1 Å². The third kappa shape index (κ3) is 7.34. The van der Waals surface area contributed by atoms with Crippen LogP contribution >= 0.6 is 12.2 Å². The predicted molar refractivity (Wildman–Crippen MR) is 168 cm³/mol. The van der Waals surface area contributed by atoms with Crippen molar-refractivity contribution in [2.75, 3.05) is 31.5 Å². The molecule has 2 amide bonds. The van der Waals surface area contributed by atoms with Crippen LogP contribution in [0.4, 0.5) is 10.1 Å². The molecule has 0 spiro atoms. The topological polar surface area (TPSA) is 64.7 Å². The molecular formula is C34H31FN4O2S. The molecule has 1 aliphatic rings. The average Bonchev–Trinajstić information content (AvgIpc) is 3.02. The molecule has 0 radical (unpaired) electrons. The molecule has 212 valence electrons. The lowest BCUT2D eigenvalue weighted by atomic mass is 9.96. The number of amides is 2. The largest absolute Gasteiger partial charge is 0.336 e. The van der Waals surface area contributed by atoms with Crippen LogP contribution in [0.5, 0.6) is 0 Å². The normalized spacial score (nSPS) is 13.7. The summed E-state index contributed by atoms with van der Waals surface area (Å²) in [6.07, 6.45) is 2.88. The number of piperazine rings is 1. The number of nitrogens with zero attached hydrogens (tertiary/aromatic N) is 2. The van der Waals surface area contributed by atoms with Crippen molar-refractivity contribution in [1.82, 2.24) is 15.1 Å². The van der Waals surface area contributed by atoms with E-state index in [1.807, 2.05) is 23.1 Å². The Morgan fingerprint density at radius 3 is 1.95 bits per heavy atom. The van der Waals surface area contributed by atoms with Gasteiger partial charge < -0.3 is 10.2 Å². The standard InChI is InChI=1S/C34H31FN4O2S/c35-28-18-15-25(16-19-28)17-20-31(40)37-34(42)36-30-14-8-7-13-29(30)33(41)39-23-21-38(22-24-39)32(26-9-3-1-4-10-26)27-11-5-2-6-12-27/h1-20,32H,21-24H2,(H2,36,37,40,42)/b20-17+. The molecule has 0 saturated carbocycles. The Morgan fingerprint density at radius 1 is 0.762 bits per heavy atom. The first-order valence-corrected chi connectivity index (χ1v) is 14.2. The molecule has 1 fully saturated rings. The van der Waals surface area contributed by atoms with E-state index >= 15 is 0 Å². The van der Waals surface area contributed by atoms with Gasteiger partial charge in [-0.25, -0.2) is 4.39 Å². The van der Waals surface area contributed by atoms with Crippen LogP contribution in [0.1, 0.15) is 33.1 Å². The number of hydrogen-bond donors (Lipinski definition) is 2. The number of carbonyl (C=O) groups excluding carboxylic acids is 2. The summed E-state index contributed by atoms with van der Waals surface area (Å²) >= 11 is 5.34. The zero-order chi connectivity index (χ0) is 29.3. The van der Waals surface area contributed by atoms with Gasteiger partial charge in [0.25, 0.3) is 5.91 Å². The molecule has 0 bridgehead atoms. The van der Waals surface area contributed by atoms with Gasteiger partial charge in [-0.2, -0.15) is 0 Å². The van der Waals surface area contributed by atoms with Crippen LogP contribution in [0.15, 0.2) is 115 Å². The molecule has 0 aliphatic carbocycles. The Labute approximate surface area is 250 Å². The summed E-state index contributed by atoms with van der Waals surface area (Å²) in [6.45, 7) is 2.62. The summed E-state index contributed by atoms with van der Waals surface area (Å²) in [5.41, 5.74) is 4.12. The highest BCUT2D eigenvalue weighted by atomic mass is 32.1. The molecule has 0 atom stereocenters. The first kappa shape index (κ1) is 28.9. The minimum atomic E-state index is -0.442. The maximum absolute atomic E-state index is 13.6. The molecule has 42 heavy (non-hydrogen) atoms. The van der Waals surface area contributed by atoms with Crippen LogP contribution in [0.2, 0.25) is 0 Å². The van der Waals surface area contributed by atoms with Crippen LogP contribution < -0.4 is 10.6 Å². The number of halogens is 1. The van der Waals surface area contributed by atoms with E-state index in [4.69, 9.17) is 12.2 Å². The van der Waals surface area contributed by atoms with Gasteiger partial charge in [0.2, 0.25) is 5.91 Å². The Balaban J connectivity index is 1.21. The highest BCUT2D eigenvalue weighted by Crippen LogP contribution is 2.30. The van der Waals surface area contributed by atoms with Gasteiger partial charge in [0.1, 0.15) is 5.82 Å². The second kappa shape index (κ2) is 13.8. The molecule has 5 rings (SSSR count). The molecule has 1 aliphatic heterocycles. The monoisotopic (exact) mass is 578 g/mol. The molecular weight excluding hydrogens is 547 g/mol. The molecule has 0 aromatic heterocycles. The number of para-hydroxylation sites is 1. The Bertz CT molecular complexity index is 1510. The fourth-order valence-corrected chi connectivity index (χ4v) is 5.28. The van der Waals surface area contributed by atoms with Crippen molar-refractivity contribution in [2.24, 2.45) is 0 Å². The van der Waals surface area contributed by atoms with Crippen LogP contribution in [0.3, 0.4) is 0 Å². The van der Waals surface area contributed by atoms with Crippen molar-refractivity contribution in [2.45, 2.75) is 6.04 Å². The van der Waals surface area contributed by atoms with E-state index in [0.717, 1.165) is 13.1 Å². The van der Waals surface area contributed by atoms with Gasteiger partial charge in [-0.3, -0.25) is 19.8 Å². The summed E-state index contributed by atoms with van der Waals surface area (Å²) in [5, 5.41) is 5.66. The van der Waals surface area contributed by atoms with Crippen LogP contribution in [0, 0.1) is 5.82 Å². The zero-order valence-corrected chi connectivity index (χ0v) is 23.8. The zero-order valence-electron chi connectivity index (χ0n) is 22.9. The van der Waals surface area contributed by atoms with Gasteiger partial charge in [0.05, 0.1) is 17.3 Å². The number of rotatable bonds is 7. The van der Waals surface area contributed by atoms with E-state index in [1.54, 1.807) is 36.4 Å². The Kier molecular flexibility index (Phi) is 9.48. The Hall–Kier alpha value is -4.66. The van der Waals surface area contributed by atoms with Gasteiger partial charge in [0, 0.05) is 32.3 Å². The third-order valence-corrected chi connectivity index (χ3v) is 7.34. The quantitative estimate of drug-likeness (QED) is 0.211. The minimum Gasteiger partial charge on any atom is -0.336 e. The van der Waals surface area contributed by atoms with E-state index in [1.165, 1.54) is 29.3 Å². The molecule has 2 N–H and O–H groups in total. The second-order valence-corrected chi connectivity index (χ2v) is 10.3. The molecule has 1 saturated heterocycles. The highest BCUT2D eigenvalue weighted by Gasteiger charge is 2.29. The fraction of sp³-hybridized carbons (Fsp3) is 0.147. The van der Waals surface area contributed by atoms with E-state index < -0.39 is 5.91 Å². The van der Waals surface area contributed by atoms with E-state index in [0.29, 0.717) is 29.9 Å². The van der Waals surface area contributed by atoms with E-state index in [9.17, 15) is 14.0 Å². The summed E-state index contributed by atoms with van der Waals surface area (Å²) in [4.78, 5) is 30.3. The number of carbonyl (C=O) groups is 2. The van der Waals surface area contributed by atoms with Crippen LogP contribution in [-0.2, 0) is 4.79 Å². The van der Waals surface area contributed by atoms with Gasteiger partial charge in [-0.05, 0) is 59.2 Å². The van der Waals surface area contributed by atoms with Crippen LogP contribution in [-0.4, -0.2) is 52.9 Å². The van der Waals surface area contributed by atoms with Crippen molar-refractivity contribution in [3.8, 4) is 0 Å². The predicted octanol–water partition coefficient (Wildman–Crippen LogP) is 5.90. The first-order chi connectivity index (χ1) is 20.5. The van der Waals surface area contributed by atoms with Crippen molar-refractivity contribution in [3.05, 3.63) is 143 Å². The lowest BCUT2D eigenvalue weighted by Gasteiger charge is -2.40. The molecule has 1 heterocycles. The number of thiocarbonyl (C=S) groups is 1. The summed E-state index contributed by atoms with van der Waals surface area (Å²) in [5.74, 6) is -0.886. The molecule has 4 aromatic rings. The van der Waals surface area contributed by atoms with Crippen molar-refractivity contribution < 1.29 is 14.0 Å². The van der Waals surface area contributed by atoms with Crippen molar-refractivity contribution >= 4 is 40.9 Å². The van der Waals surface area contributed by atoms with Gasteiger partial charge in [-0.1, -0.05) is 84.9 Å². The van der Waals surface area contributed by atoms with Gasteiger partial charge >= 0.3 is 0 Å². The number of hydrogen-bond acceptors (Lipinski definition) is 4. The molecule has 0 unspecified atom stereocenters. The number of anilines is 1. The maximum atomic E-state index is 13.6. The first-order valence-electron chi connectivity index (χ1n) is 13.8. The van der Waals surface area contributed by atoms with Crippen molar-refractivity contribution in [3.63, 3.8) is 0 Å². The number of nitrogens with one attached hydrogen (secondary N) is 2. The average molecular weight is 579 g/mol. The van der Waals surface area contributed by atoms with E-state index in [-0.39, 0.29) is 22.9 Å². The second-order valence-electron chi connectivity index (χ2n) is 9.93. The Morgan fingerprint density at radius 2 is 1.33 bits per heavy atom. The maximum Gasteiger partial charge on any atom is 0.256 e. The smallest absolute Gasteiger partial charge is 0.256 e. The summed E-state index contributed by atoms with van der Waals surface area (Å²) in [6, 6.07) is 33.9. The van der Waals surface area contributed by atoms with Gasteiger partial charge in [-0.15, -0.1) is 0 Å². The summed E-state index contributed by atoms with van der Waals surface area (Å²) < 4.78 is 13.1. The highest BCUT2D eigenvalue weighted by molar-refractivity contribution is 7.80. The van der Waals surface area contributed by atoms with Crippen molar-refractivity contribution in [1.29, 1.82) is 0 Å². The molecule has 8 heteroatoms. The molecule has 4 aromatic carbocycles. The lowest BCUT2D eigenvalue weighted by Crippen LogP contribution is -2.50. The lowest BCUT2D eigenvalue weighted by molar-refractivity contribution is -0.115. The SMILES string of the molecule is O=C(/C=C/c1ccc(F)cc1)NC(=S)Nc1ccccc1C(=O)N1CCN(C(c2ccccc2)c2ccccc2)CC1. The number of benzene rings is 4. The fourth-order valence-electron chi connectivity index (χ4n) is 5.07. The molecule has 6 nitrogen and oxygen atoms in total.